The first-order valence-electron chi connectivity index (χ1n) is 10.8. The normalized spacial score (nSPS) is 15.5. The van der Waals surface area contributed by atoms with Crippen LogP contribution >= 0.6 is 11.6 Å². The fraction of sp³-hybridized carbons (Fsp3) is 0.478. The lowest BCUT2D eigenvalue weighted by Crippen LogP contribution is -2.51. The summed E-state index contributed by atoms with van der Waals surface area (Å²) in [6.45, 7) is 6.69. The molecule has 1 atom stereocenters. The number of anilines is 1. The molecule has 8 nitrogen and oxygen atoms in total. The fourth-order valence-corrected chi connectivity index (χ4v) is 3.90. The zero-order valence-corrected chi connectivity index (χ0v) is 19.3. The van der Waals surface area contributed by atoms with E-state index in [-0.39, 0.29) is 29.6 Å². The molecule has 9 heteroatoms. The van der Waals surface area contributed by atoms with Gasteiger partial charge in [0, 0.05) is 35.7 Å². The Labute approximate surface area is 192 Å². The minimum atomic E-state index is -0.623. The Balaban J connectivity index is 1.57. The van der Waals surface area contributed by atoms with Crippen molar-refractivity contribution < 1.29 is 18.9 Å². The van der Waals surface area contributed by atoms with Crippen LogP contribution in [-0.4, -0.2) is 46.9 Å². The third-order valence-electron chi connectivity index (χ3n) is 5.47. The zero-order valence-electron chi connectivity index (χ0n) is 18.6. The van der Waals surface area contributed by atoms with E-state index in [0.29, 0.717) is 54.5 Å². The lowest BCUT2D eigenvalue weighted by molar-refractivity contribution is -0.136. The molecule has 1 aliphatic rings. The second-order valence-corrected chi connectivity index (χ2v) is 9.01. The topological polar surface area (TPSA) is 105 Å². The molecule has 1 saturated heterocycles. The maximum atomic E-state index is 13.2. The van der Waals surface area contributed by atoms with Gasteiger partial charge in [0.05, 0.1) is 0 Å². The van der Waals surface area contributed by atoms with Crippen LogP contribution in [0.2, 0.25) is 5.02 Å². The van der Waals surface area contributed by atoms with Crippen molar-refractivity contribution in [1.82, 2.24) is 15.4 Å². The molecule has 0 aliphatic carbocycles. The number of piperidine rings is 1. The van der Waals surface area contributed by atoms with E-state index < -0.39 is 6.04 Å². The predicted octanol–water partition coefficient (Wildman–Crippen LogP) is 3.66. The summed E-state index contributed by atoms with van der Waals surface area (Å²) in [7, 11) is 0. The van der Waals surface area contributed by atoms with Crippen molar-refractivity contribution in [2.45, 2.75) is 46.1 Å². The third-order valence-corrected chi connectivity index (χ3v) is 5.73. The van der Waals surface area contributed by atoms with Gasteiger partial charge in [-0.2, -0.15) is 0 Å². The first kappa shape index (κ1) is 23.8. The van der Waals surface area contributed by atoms with Gasteiger partial charge in [-0.1, -0.05) is 30.6 Å². The van der Waals surface area contributed by atoms with Gasteiger partial charge in [-0.05, 0) is 56.4 Å². The molecular weight excluding hydrogens is 432 g/mol. The lowest BCUT2D eigenvalue weighted by atomic mass is 9.94. The van der Waals surface area contributed by atoms with Gasteiger partial charge in [-0.25, -0.2) is 0 Å². The van der Waals surface area contributed by atoms with Crippen molar-refractivity contribution in [2.24, 2.45) is 11.8 Å². The number of nitrogens with one attached hydrogen (secondary N) is 2. The highest BCUT2D eigenvalue weighted by Gasteiger charge is 2.32. The molecule has 1 fully saturated rings. The summed E-state index contributed by atoms with van der Waals surface area (Å²) in [6.07, 6.45) is 1.63. The number of hydrogen-bond donors (Lipinski definition) is 2. The SMILES string of the molecule is Cc1cc(NC(=O)C2CCN(C(=O)C(CC(C)C)NC(=O)c3ccc(Cl)cc3)CC2)no1. The van der Waals surface area contributed by atoms with Gasteiger partial charge in [0.25, 0.3) is 5.91 Å². The number of carbonyl (C=O) groups excluding carboxylic acids is 3. The van der Waals surface area contributed by atoms with E-state index in [0.717, 1.165) is 0 Å². The van der Waals surface area contributed by atoms with Crippen LogP contribution in [0.25, 0.3) is 0 Å². The number of hydrogen-bond acceptors (Lipinski definition) is 5. The van der Waals surface area contributed by atoms with Crippen LogP contribution in [-0.2, 0) is 9.59 Å². The van der Waals surface area contributed by atoms with Crippen molar-refractivity contribution in [3.8, 4) is 0 Å². The van der Waals surface area contributed by atoms with Crippen molar-refractivity contribution in [3.05, 3.63) is 46.7 Å². The molecule has 1 unspecified atom stereocenters. The standard InChI is InChI=1S/C23H29ClN4O4/c1-14(2)12-19(25-21(29)16-4-6-18(24)7-5-16)23(31)28-10-8-17(9-11-28)22(30)26-20-13-15(3)32-27-20/h4-7,13-14,17,19H,8-12H2,1-3H3,(H,25,29)(H,26,27,30). The van der Waals surface area contributed by atoms with Crippen LogP contribution in [0.1, 0.15) is 49.2 Å². The van der Waals surface area contributed by atoms with Gasteiger partial charge in [0.1, 0.15) is 11.8 Å². The van der Waals surface area contributed by atoms with Crippen LogP contribution in [0, 0.1) is 18.8 Å². The number of nitrogens with zero attached hydrogens (tertiary/aromatic N) is 2. The summed E-state index contributed by atoms with van der Waals surface area (Å²) in [4.78, 5) is 40.1. The molecule has 1 aliphatic heterocycles. The average Bonchev–Trinajstić information content (AvgIpc) is 3.17. The van der Waals surface area contributed by atoms with E-state index in [2.05, 4.69) is 15.8 Å². The van der Waals surface area contributed by atoms with Crippen molar-refractivity contribution in [2.75, 3.05) is 18.4 Å². The van der Waals surface area contributed by atoms with Gasteiger partial charge in [0.2, 0.25) is 11.8 Å². The van der Waals surface area contributed by atoms with Gasteiger partial charge in [0.15, 0.2) is 5.82 Å². The Bertz CT molecular complexity index is 949. The molecule has 0 radical (unpaired) electrons. The molecule has 0 saturated carbocycles. The van der Waals surface area contributed by atoms with E-state index in [1.807, 2.05) is 13.8 Å². The van der Waals surface area contributed by atoms with E-state index in [1.54, 1.807) is 42.2 Å². The van der Waals surface area contributed by atoms with Gasteiger partial charge in [-0.3, -0.25) is 14.4 Å². The first-order chi connectivity index (χ1) is 15.2. The summed E-state index contributed by atoms with van der Waals surface area (Å²) >= 11 is 5.89. The molecule has 32 heavy (non-hydrogen) atoms. The third kappa shape index (κ3) is 6.32. The molecule has 2 N–H and O–H groups in total. The summed E-state index contributed by atoms with van der Waals surface area (Å²) in [5.74, 6) is 0.488. The smallest absolute Gasteiger partial charge is 0.251 e. The molecule has 1 aromatic carbocycles. The van der Waals surface area contributed by atoms with Gasteiger partial charge < -0.3 is 20.1 Å². The van der Waals surface area contributed by atoms with Crippen molar-refractivity contribution >= 4 is 35.1 Å². The van der Waals surface area contributed by atoms with Crippen molar-refractivity contribution in [3.63, 3.8) is 0 Å². The van der Waals surface area contributed by atoms with Crippen LogP contribution in [0.15, 0.2) is 34.9 Å². The highest BCUT2D eigenvalue weighted by molar-refractivity contribution is 6.30. The molecule has 1 aromatic heterocycles. The molecule has 3 rings (SSSR count). The molecule has 3 amide bonds. The maximum Gasteiger partial charge on any atom is 0.251 e. The van der Waals surface area contributed by atoms with E-state index in [4.69, 9.17) is 16.1 Å². The summed E-state index contributed by atoms with van der Waals surface area (Å²) < 4.78 is 4.97. The van der Waals surface area contributed by atoms with E-state index in [1.165, 1.54) is 0 Å². The molecule has 2 heterocycles. The van der Waals surface area contributed by atoms with Crippen molar-refractivity contribution in [1.29, 1.82) is 0 Å². The molecular formula is C23H29ClN4O4. The number of aromatic nitrogens is 1. The Kier molecular flexibility index (Phi) is 7.90. The lowest BCUT2D eigenvalue weighted by Gasteiger charge is -2.34. The number of likely N-dealkylation sites (tertiary alicyclic amines) is 1. The summed E-state index contributed by atoms with van der Waals surface area (Å²) in [6, 6.07) is 7.60. The zero-order chi connectivity index (χ0) is 23.3. The van der Waals surface area contributed by atoms with E-state index >= 15 is 0 Å². The minimum absolute atomic E-state index is 0.119. The maximum absolute atomic E-state index is 13.2. The second-order valence-electron chi connectivity index (χ2n) is 8.57. The van der Waals surface area contributed by atoms with Crippen LogP contribution in [0.5, 0.6) is 0 Å². The Hall–Kier alpha value is -2.87. The highest BCUT2D eigenvalue weighted by atomic mass is 35.5. The highest BCUT2D eigenvalue weighted by Crippen LogP contribution is 2.21. The molecule has 2 aromatic rings. The molecule has 0 spiro atoms. The number of benzene rings is 1. The van der Waals surface area contributed by atoms with E-state index in [9.17, 15) is 14.4 Å². The van der Waals surface area contributed by atoms with Gasteiger partial charge >= 0.3 is 0 Å². The number of aryl methyl sites for hydroxylation is 1. The Morgan fingerprint density at radius 3 is 2.41 bits per heavy atom. The first-order valence-corrected chi connectivity index (χ1v) is 11.2. The average molecular weight is 461 g/mol. The monoisotopic (exact) mass is 460 g/mol. The number of halogens is 1. The van der Waals surface area contributed by atoms with Crippen LogP contribution < -0.4 is 10.6 Å². The number of amides is 3. The Morgan fingerprint density at radius 2 is 1.84 bits per heavy atom. The largest absolute Gasteiger partial charge is 0.360 e. The fourth-order valence-electron chi connectivity index (χ4n) is 3.77. The Morgan fingerprint density at radius 1 is 1.19 bits per heavy atom. The molecule has 172 valence electrons. The van der Waals surface area contributed by atoms with Crippen LogP contribution in [0.3, 0.4) is 0 Å². The molecule has 0 bridgehead atoms. The quantitative estimate of drug-likeness (QED) is 0.656. The van der Waals surface area contributed by atoms with Crippen LogP contribution in [0.4, 0.5) is 5.82 Å². The second kappa shape index (κ2) is 10.6. The summed E-state index contributed by atoms with van der Waals surface area (Å²) in [5, 5.41) is 9.97. The predicted molar refractivity (Wildman–Crippen MR) is 121 cm³/mol. The minimum Gasteiger partial charge on any atom is -0.360 e. The summed E-state index contributed by atoms with van der Waals surface area (Å²) in [5.41, 5.74) is 0.453. The van der Waals surface area contributed by atoms with Gasteiger partial charge in [-0.15, -0.1) is 0 Å². The number of rotatable bonds is 7. The number of carbonyl (C=O) groups is 3.